The first-order valence-corrected chi connectivity index (χ1v) is 9.89. The number of carbonyl (C=O) groups is 3. The van der Waals surface area contributed by atoms with E-state index in [0.717, 1.165) is 6.42 Å². The summed E-state index contributed by atoms with van der Waals surface area (Å²) in [6.45, 7) is 2.54. The van der Waals surface area contributed by atoms with Crippen LogP contribution in [0.3, 0.4) is 0 Å². The second kappa shape index (κ2) is 11.1. The molecule has 2 N–H and O–H groups in total. The summed E-state index contributed by atoms with van der Waals surface area (Å²) in [5.74, 6) is 0.190. The van der Waals surface area contributed by atoms with Crippen LogP contribution in [0.4, 0.5) is 0 Å². The number of ketones is 1. The quantitative estimate of drug-likeness (QED) is 0.468. The van der Waals surface area contributed by atoms with E-state index >= 15 is 0 Å². The van der Waals surface area contributed by atoms with Crippen LogP contribution in [0, 0.1) is 0 Å². The standard InChI is InChI=1S/C20H24N2O5S/c1-3-11-27-16-10-9-14(13-17(16)26-2)20(25)22-21-19(24)8-4-6-15(23)18-7-5-12-28-18/h5,7,9-10,12-13H,3-4,6,8,11H2,1-2H3,(H,21,24)(H,22,25). The Bertz CT molecular complexity index is 805. The van der Waals surface area contributed by atoms with Gasteiger partial charge >= 0.3 is 0 Å². The number of methoxy groups -OCH3 is 1. The SMILES string of the molecule is CCCOc1ccc(C(=O)NNC(=O)CCCC(=O)c2cccs2)cc1OC. The number of rotatable bonds is 10. The molecule has 0 aliphatic carbocycles. The van der Waals surface area contributed by atoms with E-state index in [1.54, 1.807) is 24.3 Å². The molecule has 0 spiro atoms. The van der Waals surface area contributed by atoms with Crippen molar-refractivity contribution in [1.82, 2.24) is 10.9 Å². The van der Waals surface area contributed by atoms with Crippen molar-refractivity contribution >= 4 is 28.9 Å². The van der Waals surface area contributed by atoms with Crippen molar-refractivity contribution in [2.45, 2.75) is 32.6 Å². The summed E-state index contributed by atoms with van der Waals surface area (Å²) >= 11 is 1.38. The molecule has 0 saturated carbocycles. The van der Waals surface area contributed by atoms with Crippen LogP contribution in [-0.2, 0) is 4.79 Å². The summed E-state index contributed by atoms with van der Waals surface area (Å²) in [5.41, 5.74) is 5.04. The molecule has 0 atom stereocenters. The van der Waals surface area contributed by atoms with Gasteiger partial charge < -0.3 is 9.47 Å². The zero-order valence-corrected chi connectivity index (χ0v) is 16.8. The largest absolute Gasteiger partial charge is 0.493 e. The molecule has 28 heavy (non-hydrogen) atoms. The number of nitrogens with one attached hydrogen (secondary N) is 2. The Morgan fingerprint density at radius 3 is 2.57 bits per heavy atom. The second-order valence-corrected chi connectivity index (χ2v) is 6.92. The van der Waals surface area contributed by atoms with Gasteiger partial charge in [0.15, 0.2) is 17.3 Å². The van der Waals surface area contributed by atoms with Gasteiger partial charge in [0.1, 0.15) is 0 Å². The molecular weight excluding hydrogens is 380 g/mol. The molecule has 0 unspecified atom stereocenters. The van der Waals surface area contributed by atoms with Crippen LogP contribution in [0.25, 0.3) is 0 Å². The number of hydrazine groups is 1. The summed E-state index contributed by atoms with van der Waals surface area (Å²) in [6, 6.07) is 8.38. The van der Waals surface area contributed by atoms with Gasteiger partial charge in [0.25, 0.3) is 5.91 Å². The van der Waals surface area contributed by atoms with Crippen LogP contribution in [0.2, 0.25) is 0 Å². The van der Waals surface area contributed by atoms with Crippen LogP contribution < -0.4 is 20.3 Å². The Labute approximate surface area is 168 Å². The van der Waals surface area contributed by atoms with Crippen molar-refractivity contribution in [3.8, 4) is 11.5 Å². The Kier molecular flexibility index (Phi) is 8.48. The molecule has 0 saturated heterocycles. The lowest BCUT2D eigenvalue weighted by Gasteiger charge is -2.12. The van der Waals surface area contributed by atoms with E-state index in [0.29, 0.717) is 35.0 Å². The maximum absolute atomic E-state index is 12.2. The van der Waals surface area contributed by atoms with Crippen molar-refractivity contribution < 1.29 is 23.9 Å². The molecule has 2 amide bonds. The third-order valence-corrected chi connectivity index (χ3v) is 4.72. The van der Waals surface area contributed by atoms with Gasteiger partial charge in [0, 0.05) is 18.4 Å². The lowest BCUT2D eigenvalue weighted by Crippen LogP contribution is -2.41. The predicted molar refractivity (Wildman–Crippen MR) is 107 cm³/mol. The first-order chi connectivity index (χ1) is 13.5. The van der Waals surface area contributed by atoms with Crippen molar-refractivity contribution in [3.63, 3.8) is 0 Å². The molecule has 0 radical (unpaired) electrons. The minimum absolute atomic E-state index is 0.0179. The zero-order chi connectivity index (χ0) is 20.4. The third-order valence-electron chi connectivity index (χ3n) is 3.81. The Morgan fingerprint density at radius 2 is 1.89 bits per heavy atom. The minimum Gasteiger partial charge on any atom is -0.493 e. The van der Waals surface area contributed by atoms with E-state index in [4.69, 9.17) is 9.47 Å². The van der Waals surface area contributed by atoms with Crippen LogP contribution in [-0.4, -0.2) is 31.3 Å². The van der Waals surface area contributed by atoms with E-state index < -0.39 is 5.91 Å². The van der Waals surface area contributed by atoms with Crippen LogP contribution >= 0.6 is 11.3 Å². The summed E-state index contributed by atoms with van der Waals surface area (Å²) in [7, 11) is 1.50. The van der Waals surface area contributed by atoms with Crippen molar-refractivity contribution in [1.29, 1.82) is 0 Å². The number of carbonyl (C=O) groups excluding carboxylic acids is 3. The molecule has 2 aromatic rings. The molecule has 7 nitrogen and oxygen atoms in total. The predicted octanol–water partition coefficient (Wildman–Crippen LogP) is 3.36. The van der Waals surface area contributed by atoms with Crippen molar-refractivity contribution in [3.05, 3.63) is 46.2 Å². The average molecular weight is 404 g/mol. The highest BCUT2D eigenvalue weighted by Crippen LogP contribution is 2.28. The molecule has 0 bridgehead atoms. The number of Topliss-reactive ketones (excluding diaryl/α,β-unsaturated/α-hetero) is 1. The fourth-order valence-electron chi connectivity index (χ4n) is 2.37. The number of amides is 2. The van der Waals surface area contributed by atoms with Gasteiger partial charge in [-0.2, -0.15) is 0 Å². The summed E-state index contributed by atoms with van der Waals surface area (Å²) < 4.78 is 10.8. The monoisotopic (exact) mass is 404 g/mol. The molecule has 0 aliphatic rings. The van der Waals surface area contributed by atoms with Gasteiger partial charge in [-0.1, -0.05) is 13.0 Å². The Balaban J connectivity index is 1.77. The van der Waals surface area contributed by atoms with Gasteiger partial charge in [-0.25, -0.2) is 0 Å². The molecule has 0 aliphatic heterocycles. The van der Waals surface area contributed by atoms with E-state index in [1.165, 1.54) is 18.4 Å². The normalized spacial score (nSPS) is 10.2. The maximum Gasteiger partial charge on any atom is 0.269 e. The van der Waals surface area contributed by atoms with Crippen LogP contribution in [0.15, 0.2) is 35.7 Å². The number of ether oxygens (including phenoxy) is 2. The lowest BCUT2D eigenvalue weighted by molar-refractivity contribution is -0.121. The third kappa shape index (κ3) is 6.38. The minimum atomic E-state index is -0.469. The molecule has 0 fully saturated rings. The van der Waals surface area contributed by atoms with Gasteiger partial charge in [-0.3, -0.25) is 25.2 Å². The molecule has 1 aromatic carbocycles. The topological polar surface area (TPSA) is 93.7 Å². The highest BCUT2D eigenvalue weighted by atomic mass is 32.1. The number of hydrogen-bond donors (Lipinski definition) is 2. The van der Waals surface area contributed by atoms with Gasteiger partial charge in [0.2, 0.25) is 5.91 Å². The first kappa shape index (κ1) is 21.4. The smallest absolute Gasteiger partial charge is 0.269 e. The summed E-state index contributed by atoms with van der Waals surface area (Å²) in [5, 5.41) is 1.84. The lowest BCUT2D eigenvalue weighted by atomic mass is 10.1. The Hall–Kier alpha value is -2.87. The van der Waals surface area contributed by atoms with Gasteiger partial charge in [-0.05, 0) is 42.5 Å². The van der Waals surface area contributed by atoms with Crippen molar-refractivity contribution in [2.75, 3.05) is 13.7 Å². The molecule has 1 heterocycles. The van der Waals surface area contributed by atoms with Gasteiger partial charge in [-0.15, -0.1) is 11.3 Å². The summed E-state index contributed by atoms with van der Waals surface area (Å²) in [4.78, 5) is 36.6. The van der Waals surface area contributed by atoms with Crippen LogP contribution in [0.5, 0.6) is 11.5 Å². The number of benzene rings is 1. The molecule has 1 aromatic heterocycles. The molecule has 8 heteroatoms. The molecular formula is C20H24N2O5S. The summed E-state index contributed by atoms with van der Waals surface area (Å²) in [6.07, 6.45) is 1.70. The highest BCUT2D eigenvalue weighted by Gasteiger charge is 2.13. The number of thiophene rings is 1. The number of hydrogen-bond acceptors (Lipinski definition) is 6. The zero-order valence-electron chi connectivity index (χ0n) is 15.9. The fourth-order valence-corrected chi connectivity index (χ4v) is 3.07. The fraction of sp³-hybridized carbons (Fsp3) is 0.350. The van der Waals surface area contributed by atoms with E-state index in [2.05, 4.69) is 10.9 Å². The second-order valence-electron chi connectivity index (χ2n) is 5.97. The van der Waals surface area contributed by atoms with Crippen molar-refractivity contribution in [2.24, 2.45) is 0 Å². The maximum atomic E-state index is 12.2. The van der Waals surface area contributed by atoms with E-state index in [1.807, 2.05) is 18.4 Å². The molecule has 150 valence electrons. The van der Waals surface area contributed by atoms with Gasteiger partial charge in [0.05, 0.1) is 18.6 Å². The Morgan fingerprint density at radius 1 is 1.07 bits per heavy atom. The van der Waals surface area contributed by atoms with E-state index in [-0.39, 0.29) is 24.5 Å². The van der Waals surface area contributed by atoms with E-state index in [9.17, 15) is 14.4 Å². The molecule has 2 rings (SSSR count). The highest BCUT2D eigenvalue weighted by molar-refractivity contribution is 7.12. The first-order valence-electron chi connectivity index (χ1n) is 9.01. The van der Waals surface area contributed by atoms with Crippen LogP contribution in [0.1, 0.15) is 52.6 Å². The average Bonchev–Trinajstić information content (AvgIpc) is 3.25.